The van der Waals surface area contributed by atoms with Gasteiger partial charge in [-0.3, -0.25) is 10.1 Å². The van der Waals surface area contributed by atoms with Gasteiger partial charge in [-0.1, -0.05) is 30.3 Å². The van der Waals surface area contributed by atoms with Crippen LogP contribution in [0.4, 0.5) is 5.13 Å². The number of rotatable bonds is 6. The number of methoxy groups -OCH3 is 1. The smallest absolute Gasteiger partial charge is 0.264 e. The van der Waals surface area contributed by atoms with Crippen molar-refractivity contribution in [1.82, 2.24) is 4.98 Å². The number of ether oxygens (including phenoxy) is 2. The number of benzene rings is 2. The Kier molecular flexibility index (Phi) is 5.30. The first-order chi connectivity index (χ1) is 12.2. The van der Waals surface area contributed by atoms with Crippen molar-refractivity contribution in [3.05, 3.63) is 59.5 Å². The van der Waals surface area contributed by atoms with Crippen molar-refractivity contribution in [3.8, 4) is 22.8 Å². The average molecular weight is 354 g/mol. The van der Waals surface area contributed by atoms with Crippen LogP contribution in [0.5, 0.6) is 11.5 Å². The lowest BCUT2D eigenvalue weighted by Gasteiger charge is -2.08. The predicted octanol–water partition coefficient (Wildman–Crippen LogP) is 4.14. The molecule has 5 nitrogen and oxygen atoms in total. The van der Waals surface area contributed by atoms with Crippen molar-refractivity contribution in [2.24, 2.45) is 0 Å². The minimum atomic E-state index is -0.241. The number of thiazole rings is 1. The Morgan fingerprint density at radius 2 is 2.04 bits per heavy atom. The van der Waals surface area contributed by atoms with Gasteiger partial charge in [0.15, 0.2) is 11.7 Å². The normalized spacial score (nSPS) is 10.3. The molecule has 1 aromatic heterocycles. The molecule has 0 bridgehead atoms. The second kappa shape index (κ2) is 7.81. The predicted molar refractivity (Wildman–Crippen MR) is 99.4 cm³/mol. The minimum absolute atomic E-state index is 0.0566. The van der Waals surface area contributed by atoms with Crippen LogP contribution in [0.1, 0.15) is 5.56 Å². The third-order valence-corrected chi connectivity index (χ3v) is 4.33. The number of para-hydroxylation sites is 1. The molecule has 0 aliphatic carbocycles. The van der Waals surface area contributed by atoms with E-state index in [0.29, 0.717) is 10.9 Å². The van der Waals surface area contributed by atoms with E-state index in [0.717, 1.165) is 22.6 Å². The molecule has 25 heavy (non-hydrogen) atoms. The lowest BCUT2D eigenvalue weighted by atomic mass is 10.2. The average Bonchev–Trinajstić information content (AvgIpc) is 3.09. The second-order valence-electron chi connectivity index (χ2n) is 5.37. The zero-order valence-electron chi connectivity index (χ0n) is 14.0. The molecule has 0 spiro atoms. The Morgan fingerprint density at radius 1 is 1.20 bits per heavy atom. The second-order valence-corrected chi connectivity index (χ2v) is 6.23. The zero-order chi connectivity index (χ0) is 17.6. The third kappa shape index (κ3) is 4.36. The fourth-order valence-corrected chi connectivity index (χ4v) is 3.00. The van der Waals surface area contributed by atoms with Crippen molar-refractivity contribution >= 4 is 22.4 Å². The number of hydrogen-bond acceptors (Lipinski definition) is 5. The number of nitrogens with one attached hydrogen (secondary N) is 1. The van der Waals surface area contributed by atoms with Crippen LogP contribution in [0.25, 0.3) is 11.3 Å². The Hall–Kier alpha value is -2.86. The van der Waals surface area contributed by atoms with Gasteiger partial charge in [0.25, 0.3) is 5.91 Å². The molecule has 6 heteroatoms. The third-order valence-electron chi connectivity index (χ3n) is 3.57. The maximum Gasteiger partial charge on any atom is 0.264 e. The largest absolute Gasteiger partial charge is 0.497 e. The molecule has 0 radical (unpaired) electrons. The molecule has 0 aliphatic rings. The van der Waals surface area contributed by atoms with Crippen LogP contribution in [-0.4, -0.2) is 24.6 Å². The molecule has 0 fully saturated rings. The highest BCUT2D eigenvalue weighted by atomic mass is 32.1. The van der Waals surface area contributed by atoms with Crippen LogP contribution in [0, 0.1) is 6.92 Å². The van der Waals surface area contributed by atoms with Gasteiger partial charge in [-0.05, 0) is 30.7 Å². The van der Waals surface area contributed by atoms with Crippen molar-refractivity contribution < 1.29 is 14.3 Å². The molecule has 3 aromatic rings. The Morgan fingerprint density at radius 3 is 2.84 bits per heavy atom. The molecule has 0 aliphatic heterocycles. The Labute approximate surface area is 150 Å². The van der Waals surface area contributed by atoms with Crippen LogP contribution in [0.15, 0.2) is 53.9 Å². The highest BCUT2D eigenvalue weighted by Crippen LogP contribution is 2.27. The summed E-state index contributed by atoms with van der Waals surface area (Å²) in [5.41, 5.74) is 2.72. The van der Waals surface area contributed by atoms with Crippen LogP contribution >= 0.6 is 11.3 Å². The molecule has 128 valence electrons. The summed E-state index contributed by atoms with van der Waals surface area (Å²) in [6.45, 7) is 1.88. The SMILES string of the molecule is COc1cccc(-c2csc(NC(=O)COc3ccccc3C)n2)c1. The molecule has 0 saturated carbocycles. The zero-order valence-corrected chi connectivity index (χ0v) is 14.8. The highest BCUT2D eigenvalue weighted by Gasteiger charge is 2.10. The van der Waals surface area contributed by atoms with Gasteiger partial charge in [0.1, 0.15) is 11.5 Å². The van der Waals surface area contributed by atoms with Crippen molar-refractivity contribution in [2.75, 3.05) is 19.0 Å². The van der Waals surface area contributed by atoms with E-state index < -0.39 is 0 Å². The number of nitrogens with zero attached hydrogens (tertiary/aromatic N) is 1. The lowest BCUT2D eigenvalue weighted by Crippen LogP contribution is -2.20. The number of anilines is 1. The maximum atomic E-state index is 12.1. The van der Waals surface area contributed by atoms with Crippen LogP contribution in [0.3, 0.4) is 0 Å². The fourth-order valence-electron chi connectivity index (χ4n) is 2.26. The van der Waals surface area contributed by atoms with Gasteiger partial charge in [0.2, 0.25) is 0 Å². The molecule has 2 aromatic carbocycles. The van der Waals surface area contributed by atoms with E-state index >= 15 is 0 Å². The summed E-state index contributed by atoms with van der Waals surface area (Å²) in [5, 5.41) is 5.20. The number of carbonyl (C=O) groups excluding carboxylic acids is 1. The van der Waals surface area contributed by atoms with E-state index in [1.165, 1.54) is 11.3 Å². The summed E-state index contributed by atoms with van der Waals surface area (Å²) >= 11 is 1.37. The van der Waals surface area contributed by atoms with Gasteiger partial charge < -0.3 is 9.47 Å². The lowest BCUT2D eigenvalue weighted by molar-refractivity contribution is -0.118. The fraction of sp³-hybridized carbons (Fsp3) is 0.158. The number of aryl methyl sites for hydroxylation is 1. The molecular weight excluding hydrogens is 336 g/mol. The molecule has 1 N–H and O–H groups in total. The summed E-state index contributed by atoms with van der Waals surface area (Å²) in [4.78, 5) is 16.5. The quantitative estimate of drug-likeness (QED) is 0.722. The number of hydrogen-bond donors (Lipinski definition) is 1. The summed E-state index contributed by atoms with van der Waals surface area (Å²) in [7, 11) is 1.63. The molecule has 0 saturated heterocycles. The van der Waals surface area contributed by atoms with Gasteiger partial charge in [-0.2, -0.15) is 0 Å². The summed E-state index contributed by atoms with van der Waals surface area (Å²) in [5.74, 6) is 1.23. The first-order valence-corrected chi connectivity index (χ1v) is 8.62. The van der Waals surface area contributed by atoms with E-state index in [-0.39, 0.29) is 12.5 Å². The van der Waals surface area contributed by atoms with Gasteiger partial charge in [0, 0.05) is 10.9 Å². The Bertz CT molecular complexity index is 876. The van der Waals surface area contributed by atoms with Crippen molar-refractivity contribution in [1.29, 1.82) is 0 Å². The first-order valence-electron chi connectivity index (χ1n) is 7.74. The molecule has 3 rings (SSSR count). The number of amides is 1. The minimum Gasteiger partial charge on any atom is -0.497 e. The van der Waals surface area contributed by atoms with Gasteiger partial charge in [-0.15, -0.1) is 11.3 Å². The topological polar surface area (TPSA) is 60.5 Å². The number of carbonyl (C=O) groups is 1. The van der Waals surface area contributed by atoms with E-state index in [1.807, 2.05) is 60.8 Å². The van der Waals surface area contributed by atoms with Crippen LogP contribution in [-0.2, 0) is 4.79 Å². The maximum absolute atomic E-state index is 12.1. The van der Waals surface area contributed by atoms with Crippen molar-refractivity contribution in [3.63, 3.8) is 0 Å². The first kappa shape index (κ1) is 17.0. The Balaban J connectivity index is 1.61. The van der Waals surface area contributed by atoms with Crippen molar-refractivity contribution in [2.45, 2.75) is 6.92 Å². The highest BCUT2D eigenvalue weighted by molar-refractivity contribution is 7.14. The standard InChI is InChI=1S/C19H18N2O3S/c1-13-6-3-4-9-17(13)24-11-18(22)21-19-20-16(12-25-19)14-7-5-8-15(10-14)23-2/h3-10,12H,11H2,1-2H3,(H,20,21,22). The monoisotopic (exact) mass is 354 g/mol. The van der Waals surface area contributed by atoms with E-state index in [4.69, 9.17) is 9.47 Å². The molecule has 1 heterocycles. The van der Waals surface area contributed by atoms with Crippen LogP contribution < -0.4 is 14.8 Å². The van der Waals surface area contributed by atoms with E-state index in [1.54, 1.807) is 7.11 Å². The molecule has 1 amide bonds. The van der Waals surface area contributed by atoms with E-state index in [9.17, 15) is 4.79 Å². The van der Waals surface area contributed by atoms with Gasteiger partial charge in [0.05, 0.1) is 12.8 Å². The summed E-state index contributed by atoms with van der Waals surface area (Å²) < 4.78 is 10.8. The summed E-state index contributed by atoms with van der Waals surface area (Å²) in [6, 6.07) is 15.2. The van der Waals surface area contributed by atoms with E-state index in [2.05, 4.69) is 10.3 Å². The molecule has 0 atom stereocenters. The molecule has 0 unspecified atom stereocenters. The van der Waals surface area contributed by atoms with Crippen LogP contribution in [0.2, 0.25) is 0 Å². The molecular formula is C19H18N2O3S. The number of aromatic nitrogens is 1. The van der Waals surface area contributed by atoms with Gasteiger partial charge in [-0.25, -0.2) is 4.98 Å². The summed E-state index contributed by atoms with van der Waals surface area (Å²) in [6.07, 6.45) is 0. The van der Waals surface area contributed by atoms with Gasteiger partial charge >= 0.3 is 0 Å².